The van der Waals surface area contributed by atoms with Crippen molar-refractivity contribution in [1.29, 1.82) is 0 Å². The summed E-state index contributed by atoms with van der Waals surface area (Å²) < 4.78 is 5.05. The SMILES string of the molecule is CC(C)(C)OC(=O)NCC(C(=O)O)c1cccs1. The Morgan fingerprint density at radius 3 is 2.61 bits per heavy atom. The van der Waals surface area contributed by atoms with Crippen LogP contribution in [0.5, 0.6) is 0 Å². The molecule has 1 unspecified atom stereocenters. The lowest BCUT2D eigenvalue weighted by molar-refractivity contribution is -0.138. The number of alkyl carbamates (subject to hydrolysis) is 1. The van der Waals surface area contributed by atoms with Gasteiger partial charge >= 0.3 is 12.1 Å². The lowest BCUT2D eigenvalue weighted by Gasteiger charge is -2.20. The lowest BCUT2D eigenvalue weighted by Crippen LogP contribution is -2.36. The zero-order chi connectivity index (χ0) is 13.8. The van der Waals surface area contributed by atoms with Crippen molar-refractivity contribution >= 4 is 23.4 Å². The number of carboxylic acids is 1. The molecule has 6 heteroatoms. The minimum atomic E-state index is -0.964. The maximum atomic E-state index is 11.4. The molecule has 1 aromatic heterocycles. The number of nitrogens with one attached hydrogen (secondary N) is 1. The third-order valence-corrected chi connectivity index (χ3v) is 3.02. The molecule has 0 bridgehead atoms. The van der Waals surface area contributed by atoms with Gasteiger partial charge in [-0.2, -0.15) is 0 Å². The van der Waals surface area contributed by atoms with E-state index in [-0.39, 0.29) is 6.54 Å². The van der Waals surface area contributed by atoms with Crippen LogP contribution in [-0.2, 0) is 9.53 Å². The molecule has 1 amide bonds. The highest BCUT2D eigenvalue weighted by molar-refractivity contribution is 7.10. The predicted octanol–water partition coefficient (Wildman–Crippen LogP) is 2.44. The van der Waals surface area contributed by atoms with E-state index in [1.165, 1.54) is 11.3 Å². The van der Waals surface area contributed by atoms with Crippen molar-refractivity contribution in [3.63, 3.8) is 0 Å². The van der Waals surface area contributed by atoms with Crippen molar-refractivity contribution in [3.8, 4) is 0 Å². The number of hydrogen-bond donors (Lipinski definition) is 2. The summed E-state index contributed by atoms with van der Waals surface area (Å²) in [6.07, 6.45) is -0.606. The van der Waals surface area contributed by atoms with Crippen LogP contribution < -0.4 is 5.32 Å². The molecule has 18 heavy (non-hydrogen) atoms. The number of carboxylic acid groups (broad SMARTS) is 1. The molecule has 5 nitrogen and oxygen atoms in total. The molecular formula is C12H17NO4S. The topological polar surface area (TPSA) is 75.6 Å². The molecule has 1 atom stereocenters. The van der Waals surface area contributed by atoms with Crippen molar-refractivity contribution in [1.82, 2.24) is 5.32 Å². The van der Waals surface area contributed by atoms with E-state index in [1.807, 2.05) is 0 Å². The molecule has 0 spiro atoms. The van der Waals surface area contributed by atoms with Crippen LogP contribution in [-0.4, -0.2) is 29.3 Å². The van der Waals surface area contributed by atoms with Crippen LogP contribution in [0.25, 0.3) is 0 Å². The van der Waals surface area contributed by atoms with Gasteiger partial charge in [-0.25, -0.2) is 4.79 Å². The summed E-state index contributed by atoms with van der Waals surface area (Å²) in [5.41, 5.74) is -0.592. The number of aliphatic carboxylic acids is 1. The normalized spacial score (nSPS) is 12.8. The summed E-state index contributed by atoms with van der Waals surface area (Å²) in [6.45, 7) is 5.27. The first kappa shape index (κ1) is 14.5. The van der Waals surface area contributed by atoms with Crippen molar-refractivity contribution in [3.05, 3.63) is 22.4 Å². The largest absolute Gasteiger partial charge is 0.481 e. The Kier molecular flexibility index (Phi) is 4.72. The molecule has 1 aromatic rings. The Hall–Kier alpha value is -1.56. The van der Waals surface area contributed by atoms with Gasteiger partial charge in [0.1, 0.15) is 11.5 Å². The van der Waals surface area contributed by atoms with Gasteiger partial charge < -0.3 is 15.2 Å². The molecule has 0 aromatic carbocycles. The number of ether oxygens (including phenoxy) is 1. The minimum absolute atomic E-state index is 0.0186. The third-order valence-electron chi connectivity index (χ3n) is 2.03. The third kappa shape index (κ3) is 4.75. The van der Waals surface area contributed by atoms with Crippen LogP contribution in [0, 0.1) is 0 Å². The Morgan fingerprint density at radius 1 is 1.50 bits per heavy atom. The van der Waals surface area contributed by atoms with Gasteiger partial charge in [-0.15, -0.1) is 11.3 Å². The average molecular weight is 271 g/mol. The van der Waals surface area contributed by atoms with Crippen LogP contribution in [0.15, 0.2) is 17.5 Å². The molecule has 100 valence electrons. The first-order valence-electron chi connectivity index (χ1n) is 5.52. The molecule has 1 rings (SSSR count). The van der Waals surface area contributed by atoms with E-state index in [4.69, 9.17) is 9.84 Å². The second-order valence-electron chi connectivity index (χ2n) is 4.79. The van der Waals surface area contributed by atoms with Gasteiger partial charge in [-0.1, -0.05) is 6.07 Å². The number of hydrogen-bond acceptors (Lipinski definition) is 4. The monoisotopic (exact) mass is 271 g/mol. The fraction of sp³-hybridized carbons (Fsp3) is 0.500. The maximum absolute atomic E-state index is 11.4. The zero-order valence-corrected chi connectivity index (χ0v) is 11.4. The standard InChI is InChI=1S/C12H17NO4S/c1-12(2,3)17-11(16)13-7-8(10(14)15)9-5-4-6-18-9/h4-6,8H,7H2,1-3H3,(H,13,16)(H,14,15). The van der Waals surface area contributed by atoms with E-state index in [0.29, 0.717) is 4.88 Å². The number of carbonyl (C=O) groups is 2. The summed E-state index contributed by atoms with van der Waals surface area (Å²) in [4.78, 5) is 23.2. The summed E-state index contributed by atoms with van der Waals surface area (Å²) in [7, 11) is 0. The molecule has 0 saturated heterocycles. The lowest BCUT2D eigenvalue weighted by atomic mass is 10.1. The van der Waals surface area contributed by atoms with Crippen molar-refractivity contribution < 1.29 is 19.4 Å². The number of amides is 1. The predicted molar refractivity (Wildman–Crippen MR) is 68.9 cm³/mol. The molecular weight excluding hydrogens is 254 g/mol. The summed E-state index contributed by atoms with van der Waals surface area (Å²) in [5, 5.41) is 13.4. The molecule has 2 N–H and O–H groups in total. The number of carbonyl (C=O) groups excluding carboxylic acids is 1. The van der Waals surface area contributed by atoms with Crippen LogP contribution in [0.4, 0.5) is 4.79 Å². The molecule has 0 aliphatic carbocycles. The molecule has 0 radical (unpaired) electrons. The fourth-order valence-corrected chi connectivity index (χ4v) is 2.12. The molecule has 0 aliphatic heterocycles. The molecule has 0 fully saturated rings. The van der Waals surface area contributed by atoms with E-state index in [2.05, 4.69) is 5.32 Å². The van der Waals surface area contributed by atoms with Crippen LogP contribution in [0.1, 0.15) is 31.6 Å². The molecule has 0 saturated carbocycles. The van der Waals surface area contributed by atoms with E-state index in [0.717, 1.165) is 0 Å². The van der Waals surface area contributed by atoms with Gasteiger partial charge in [-0.05, 0) is 32.2 Å². The van der Waals surface area contributed by atoms with E-state index in [9.17, 15) is 9.59 Å². The summed E-state index contributed by atoms with van der Waals surface area (Å²) >= 11 is 1.35. The van der Waals surface area contributed by atoms with Gasteiger partial charge in [0.05, 0.1) is 0 Å². The second-order valence-corrected chi connectivity index (χ2v) is 5.77. The molecule has 0 aliphatic rings. The average Bonchev–Trinajstić information content (AvgIpc) is 2.67. The van der Waals surface area contributed by atoms with Gasteiger partial charge in [-0.3, -0.25) is 4.79 Å². The maximum Gasteiger partial charge on any atom is 0.407 e. The van der Waals surface area contributed by atoms with Gasteiger partial charge in [0.2, 0.25) is 0 Å². The Bertz CT molecular complexity index is 408. The Morgan fingerprint density at radius 2 is 2.17 bits per heavy atom. The smallest absolute Gasteiger partial charge is 0.407 e. The highest BCUT2D eigenvalue weighted by atomic mass is 32.1. The fourth-order valence-electron chi connectivity index (χ4n) is 1.30. The van der Waals surface area contributed by atoms with E-state index in [1.54, 1.807) is 38.3 Å². The van der Waals surface area contributed by atoms with E-state index < -0.39 is 23.6 Å². The van der Waals surface area contributed by atoms with Crippen LogP contribution >= 0.6 is 11.3 Å². The quantitative estimate of drug-likeness (QED) is 0.882. The summed E-state index contributed by atoms with van der Waals surface area (Å²) in [6, 6.07) is 3.52. The molecule has 1 heterocycles. The second kappa shape index (κ2) is 5.86. The highest BCUT2D eigenvalue weighted by Crippen LogP contribution is 2.21. The highest BCUT2D eigenvalue weighted by Gasteiger charge is 2.23. The van der Waals surface area contributed by atoms with Gasteiger partial charge in [0, 0.05) is 11.4 Å². The van der Waals surface area contributed by atoms with Crippen molar-refractivity contribution in [2.75, 3.05) is 6.54 Å². The number of rotatable bonds is 4. The van der Waals surface area contributed by atoms with Gasteiger partial charge in [0.15, 0.2) is 0 Å². The zero-order valence-electron chi connectivity index (χ0n) is 10.6. The summed E-state index contributed by atoms with van der Waals surface area (Å²) in [5.74, 6) is -1.70. The Balaban J connectivity index is 2.54. The first-order chi connectivity index (χ1) is 8.29. The van der Waals surface area contributed by atoms with Crippen LogP contribution in [0.3, 0.4) is 0 Å². The van der Waals surface area contributed by atoms with Crippen molar-refractivity contribution in [2.45, 2.75) is 32.3 Å². The van der Waals surface area contributed by atoms with E-state index >= 15 is 0 Å². The first-order valence-corrected chi connectivity index (χ1v) is 6.40. The van der Waals surface area contributed by atoms with Crippen molar-refractivity contribution in [2.24, 2.45) is 0 Å². The minimum Gasteiger partial charge on any atom is -0.481 e. The van der Waals surface area contributed by atoms with Crippen LogP contribution in [0.2, 0.25) is 0 Å². The number of thiophene rings is 1. The van der Waals surface area contributed by atoms with Gasteiger partial charge in [0.25, 0.3) is 0 Å². The Labute approximate surface area is 110 Å².